The van der Waals surface area contributed by atoms with Crippen LogP contribution in [0.2, 0.25) is 0 Å². The van der Waals surface area contributed by atoms with E-state index in [9.17, 15) is 14.7 Å². The molecule has 0 aliphatic carbocycles. The molecule has 1 aromatic carbocycles. The van der Waals surface area contributed by atoms with E-state index < -0.39 is 40.7 Å². The van der Waals surface area contributed by atoms with Gasteiger partial charge in [-0.05, 0) is 89.0 Å². The maximum Gasteiger partial charge on any atom is 0.249 e. The molecule has 2 bridgehead atoms. The number of rotatable bonds is 15. The van der Waals surface area contributed by atoms with Crippen LogP contribution in [-0.2, 0) is 19.1 Å². The number of aliphatic hydroxyl groups excluding tert-OH is 1. The Balaban J connectivity index is 1.85. The predicted molar refractivity (Wildman–Crippen MR) is 190 cm³/mol. The van der Waals surface area contributed by atoms with Crippen molar-refractivity contribution in [3.05, 3.63) is 49.6 Å². The first-order chi connectivity index (χ1) is 22.4. The average Bonchev–Trinajstić information content (AvgIpc) is 3.56. The lowest BCUT2D eigenvalue weighted by atomic mass is 9.65. The van der Waals surface area contributed by atoms with Crippen molar-refractivity contribution in [2.75, 3.05) is 31.2 Å². The number of carbonyl (C=O) groups is 3. The summed E-state index contributed by atoms with van der Waals surface area (Å²) in [6.45, 7) is 27.1. The van der Waals surface area contributed by atoms with Gasteiger partial charge >= 0.3 is 0 Å². The Bertz CT molecular complexity index is 1370. The largest absolute Gasteiger partial charge is 0.494 e. The number of hydrogen-bond donors (Lipinski definition) is 1. The Labute approximate surface area is 288 Å². The van der Waals surface area contributed by atoms with E-state index in [1.165, 1.54) is 0 Å². The molecule has 9 heteroatoms. The summed E-state index contributed by atoms with van der Waals surface area (Å²) in [7, 11) is 0. The lowest BCUT2D eigenvalue weighted by molar-refractivity contribution is -0.159. The summed E-state index contributed by atoms with van der Waals surface area (Å²) in [5, 5.41) is 10.8. The molecule has 1 spiro atoms. The van der Waals surface area contributed by atoms with E-state index >= 15 is 4.79 Å². The summed E-state index contributed by atoms with van der Waals surface area (Å²) in [6, 6.07) is 5.72. The highest BCUT2D eigenvalue weighted by molar-refractivity contribution is 6.03. The molecule has 3 saturated heterocycles. The molecule has 48 heavy (non-hydrogen) atoms. The molecule has 6 atom stereocenters. The normalized spacial score (nSPS) is 27.2. The standard InChI is InChI=1S/C39H59N3O6/c1-12-21-40(27-15-17-29(18-16-27)47-14-3)33(44)30-31-34(45)42(28(24-43)23-26(4)5)32(39(31)20-19-38(30,11)48-39)35(46)41(22-13-2)37(9,10)25-36(6,7)8/h12-13,15-18,26,28,30-32,43H,1-2,14,19-25H2,3-11H3/t28-,30+,31+,32?,38-,39?/m1/s1. The fourth-order valence-corrected chi connectivity index (χ4v) is 9.05. The van der Waals surface area contributed by atoms with Gasteiger partial charge in [0, 0.05) is 24.3 Å². The van der Waals surface area contributed by atoms with E-state index in [0.29, 0.717) is 50.3 Å². The Morgan fingerprint density at radius 2 is 1.71 bits per heavy atom. The summed E-state index contributed by atoms with van der Waals surface area (Å²) >= 11 is 0. The molecule has 3 aliphatic rings. The molecular weight excluding hydrogens is 606 g/mol. The summed E-state index contributed by atoms with van der Waals surface area (Å²) in [5.41, 5.74) is -2.17. The Morgan fingerprint density at radius 1 is 1.08 bits per heavy atom. The second-order valence-corrected chi connectivity index (χ2v) is 16.4. The minimum absolute atomic E-state index is 0.0801. The molecule has 4 rings (SSSR count). The number of fused-ring (bicyclic) bond motifs is 1. The number of hydrogen-bond acceptors (Lipinski definition) is 6. The van der Waals surface area contributed by atoms with Crippen LogP contribution < -0.4 is 9.64 Å². The molecule has 0 radical (unpaired) electrons. The van der Waals surface area contributed by atoms with Crippen LogP contribution in [0.15, 0.2) is 49.6 Å². The molecule has 2 unspecified atom stereocenters. The molecule has 0 aromatic heterocycles. The Kier molecular flexibility index (Phi) is 11.0. The van der Waals surface area contributed by atoms with Gasteiger partial charge in [0.2, 0.25) is 17.7 Å². The fraction of sp³-hybridized carbons (Fsp3) is 0.667. The van der Waals surface area contributed by atoms with Crippen LogP contribution in [0.4, 0.5) is 5.69 Å². The van der Waals surface area contributed by atoms with Crippen LogP contribution in [0.25, 0.3) is 0 Å². The van der Waals surface area contributed by atoms with Gasteiger partial charge in [-0.15, -0.1) is 13.2 Å². The minimum atomic E-state index is -1.22. The summed E-state index contributed by atoms with van der Waals surface area (Å²) in [5.74, 6) is -1.64. The number of ether oxygens (including phenoxy) is 2. The summed E-state index contributed by atoms with van der Waals surface area (Å²) in [6.07, 6.45) is 5.60. The molecule has 0 saturated carbocycles. The Morgan fingerprint density at radius 3 is 2.23 bits per heavy atom. The number of amides is 3. The number of likely N-dealkylation sites (tertiary alicyclic amines) is 1. The van der Waals surface area contributed by atoms with Crippen LogP contribution in [0.5, 0.6) is 5.75 Å². The van der Waals surface area contributed by atoms with Crippen LogP contribution in [0.1, 0.15) is 88.0 Å². The number of carbonyl (C=O) groups excluding carboxylic acids is 3. The highest BCUT2D eigenvalue weighted by Gasteiger charge is 2.79. The predicted octanol–water partition coefficient (Wildman–Crippen LogP) is 6.01. The number of benzene rings is 1. The third-order valence-corrected chi connectivity index (χ3v) is 10.4. The molecule has 3 amide bonds. The van der Waals surface area contributed by atoms with Gasteiger partial charge in [-0.25, -0.2) is 0 Å². The van der Waals surface area contributed by atoms with Crippen molar-refractivity contribution >= 4 is 23.4 Å². The van der Waals surface area contributed by atoms with Gasteiger partial charge in [-0.2, -0.15) is 0 Å². The third kappa shape index (κ3) is 6.82. The molecular formula is C39H59N3O6. The number of aliphatic hydroxyl groups is 1. The zero-order valence-corrected chi connectivity index (χ0v) is 30.8. The van der Waals surface area contributed by atoms with Gasteiger partial charge in [0.25, 0.3) is 0 Å². The SMILES string of the molecule is C=CCN(C(=O)[C@@H]1[C@H]2C(=O)N([C@@H](CO)CC(C)C)C(C(=O)N(CC=C)C(C)(C)CC(C)(C)C)C23CC[C@@]1(C)O3)c1ccc(OCC)cc1. The first-order valence-electron chi connectivity index (χ1n) is 17.6. The third-order valence-electron chi connectivity index (χ3n) is 10.4. The maximum atomic E-state index is 15.2. The zero-order valence-electron chi connectivity index (χ0n) is 30.8. The number of anilines is 1. The summed E-state index contributed by atoms with van der Waals surface area (Å²) < 4.78 is 12.6. The van der Waals surface area contributed by atoms with E-state index in [-0.39, 0.29) is 42.2 Å². The quantitative estimate of drug-likeness (QED) is 0.231. The second-order valence-electron chi connectivity index (χ2n) is 16.4. The highest BCUT2D eigenvalue weighted by atomic mass is 16.5. The van der Waals surface area contributed by atoms with Crippen LogP contribution in [0, 0.1) is 23.2 Å². The average molecular weight is 666 g/mol. The first kappa shape index (κ1) is 37.6. The van der Waals surface area contributed by atoms with E-state index in [2.05, 4.69) is 47.8 Å². The highest BCUT2D eigenvalue weighted by Crippen LogP contribution is 2.64. The van der Waals surface area contributed by atoms with Crippen LogP contribution >= 0.6 is 0 Å². The lowest BCUT2D eigenvalue weighted by Gasteiger charge is -2.46. The van der Waals surface area contributed by atoms with Gasteiger partial charge in [0.05, 0.1) is 36.7 Å². The molecule has 3 aliphatic heterocycles. The second kappa shape index (κ2) is 14.0. The van der Waals surface area contributed by atoms with E-state index in [4.69, 9.17) is 9.47 Å². The van der Waals surface area contributed by atoms with Crippen LogP contribution in [-0.4, -0.2) is 87.8 Å². The monoisotopic (exact) mass is 665 g/mol. The fourth-order valence-electron chi connectivity index (χ4n) is 9.05. The first-order valence-corrected chi connectivity index (χ1v) is 17.6. The van der Waals surface area contributed by atoms with Crippen molar-refractivity contribution in [3.8, 4) is 5.75 Å². The molecule has 3 heterocycles. The van der Waals surface area contributed by atoms with Crippen molar-refractivity contribution < 1.29 is 29.0 Å². The van der Waals surface area contributed by atoms with E-state index in [0.717, 1.165) is 0 Å². The van der Waals surface area contributed by atoms with Gasteiger partial charge in [0.1, 0.15) is 17.4 Å². The molecule has 9 nitrogen and oxygen atoms in total. The molecule has 1 N–H and O–H groups in total. The van der Waals surface area contributed by atoms with Gasteiger partial charge in [0.15, 0.2) is 0 Å². The van der Waals surface area contributed by atoms with Crippen molar-refractivity contribution in [2.45, 2.75) is 117 Å². The van der Waals surface area contributed by atoms with E-state index in [1.54, 1.807) is 22.0 Å². The summed E-state index contributed by atoms with van der Waals surface area (Å²) in [4.78, 5) is 50.0. The smallest absolute Gasteiger partial charge is 0.249 e. The Hall–Kier alpha value is -3.17. The van der Waals surface area contributed by atoms with Crippen LogP contribution in [0.3, 0.4) is 0 Å². The van der Waals surface area contributed by atoms with Crippen molar-refractivity contribution in [1.82, 2.24) is 9.80 Å². The van der Waals surface area contributed by atoms with Gasteiger partial charge in [-0.1, -0.05) is 46.8 Å². The molecule has 266 valence electrons. The van der Waals surface area contributed by atoms with E-state index in [1.807, 2.05) is 56.9 Å². The van der Waals surface area contributed by atoms with Gasteiger partial charge < -0.3 is 29.3 Å². The van der Waals surface area contributed by atoms with Crippen molar-refractivity contribution in [1.29, 1.82) is 0 Å². The van der Waals surface area contributed by atoms with Crippen molar-refractivity contribution in [3.63, 3.8) is 0 Å². The van der Waals surface area contributed by atoms with Gasteiger partial charge in [-0.3, -0.25) is 14.4 Å². The topological polar surface area (TPSA) is 99.6 Å². The minimum Gasteiger partial charge on any atom is -0.494 e. The molecule has 3 fully saturated rings. The lowest BCUT2D eigenvalue weighted by Crippen LogP contribution is -2.62. The maximum absolute atomic E-state index is 15.2. The zero-order chi connectivity index (χ0) is 35.8. The van der Waals surface area contributed by atoms with Crippen molar-refractivity contribution in [2.24, 2.45) is 23.2 Å². The number of nitrogens with zero attached hydrogens (tertiary/aromatic N) is 3. The molecule has 1 aromatic rings.